The Morgan fingerprint density at radius 3 is 2.57 bits per heavy atom. The van der Waals surface area contributed by atoms with E-state index in [4.69, 9.17) is 16.2 Å². The highest BCUT2D eigenvalue weighted by molar-refractivity contribution is 7.11. The first-order valence-corrected chi connectivity index (χ1v) is 14.2. The maximum atomic E-state index is 13.6. The van der Waals surface area contributed by atoms with Gasteiger partial charge in [-0.15, -0.1) is 0 Å². The van der Waals surface area contributed by atoms with Crippen LogP contribution in [-0.2, 0) is 19.2 Å². The summed E-state index contributed by atoms with van der Waals surface area (Å²) in [5.41, 5.74) is 10.9. The van der Waals surface area contributed by atoms with Crippen molar-refractivity contribution in [1.29, 1.82) is 0 Å². The monoisotopic (exact) mass is 536 g/mol. The van der Waals surface area contributed by atoms with Gasteiger partial charge in [-0.2, -0.15) is 0 Å². The first-order chi connectivity index (χ1) is 17.9. The van der Waals surface area contributed by atoms with Crippen LogP contribution in [0.4, 0.5) is 0 Å². The second-order valence-electron chi connectivity index (χ2n) is 9.89. The number of aromatic nitrogens is 1. The smallest absolute Gasteiger partial charge is 0.335 e. The van der Waals surface area contributed by atoms with E-state index in [2.05, 4.69) is 15.6 Å². The van der Waals surface area contributed by atoms with Crippen molar-refractivity contribution in [2.75, 3.05) is 19.6 Å². The molecule has 3 amide bonds. The number of hydrogen-bond acceptors (Lipinski definition) is 9. The fourth-order valence-electron chi connectivity index (χ4n) is 5.18. The van der Waals surface area contributed by atoms with E-state index in [1.54, 1.807) is 10.3 Å². The second kappa shape index (κ2) is 15.0. The SMILES string of the molecule is NCCCC[C@H](NC(=O)[C@@H]1CCCN1C(=O)[C@@H](CC1CCCCC1)NCC(N)=O)C(=O)Oc1nccs1. The van der Waals surface area contributed by atoms with Crippen LogP contribution in [0.2, 0.25) is 0 Å². The van der Waals surface area contributed by atoms with Gasteiger partial charge in [0.25, 0.3) is 5.19 Å². The largest absolute Gasteiger partial charge is 0.396 e. The van der Waals surface area contributed by atoms with E-state index >= 15 is 0 Å². The van der Waals surface area contributed by atoms with Crippen LogP contribution in [0.25, 0.3) is 0 Å². The molecule has 1 aromatic rings. The summed E-state index contributed by atoms with van der Waals surface area (Å²) in [5, 5.41) is 7.76. The van der Waals surface area contributed by atoms with Crippen LogP contribution >= 0.6 is 11.3 Å². The van der Waals surface area contributed by atoms with Crippen LogP contribution in [0, 0.1) is 5.92 Å². The summed E-state index contributed by atoms with van der Waals surface area (Å²) in [6.45, 7) is 0.825. The number of rotatable bonds is 14. The highest BCUT2D eigenvalue weighted by Gasteiger charge is 2.39. The molecule has 206 valence electrons. The highest BCUT2D eigenvalue weighted by Crippen LogP contribution is 2.29. The van der Waals surface area contributed by atoms with E-state index in [9.17, 15) is 19.2 Å². The molecule has 0 spiro atoms. The normalized spacial score (nSPS) is 19.8. The molecule has 1 aliphatic heterocycles. The standard InChI is InChI=1S/C25H40N6O5S/c26-11-5-4-9-18(24(35)36-25-28-12-14-37-25)30-22(33)20-10-6-13-31(20)23(34)19(29-16-21(27)32)15-17-7-2-1-3-8-17/h12,14,17-20,29H,1-11,13,15-16,26H2,(H2,27,32)(H,30,33)/t18-,19+,20-/m0/s1. The molecule has 2 heterocycles. The zero-order valence-corrected chi connectivity index (χ0v) is 22.2. The Kier molecular flexibility index (Phi) is 11.7. The van der Waals surface area contributed by atoms with Gasteiger partial charge in [-0.05, 0) is 51.0 Å². The Morgan fingerprint density at radius 1 is 1.11 bits per heavy atom. The quantitative estimate of drug-likeness (QED) is 0.202. The first-order valence-electron chi connectivity index (χ1n) is 13.3. The number of ether oxygens (including phenoxy) is 1. The van der Waals surface area contributed by atoms with Gasteiger partial charge in [0.05, 0.1) is 12.6 Å². The number of hydrogen-bond donors (Lipinski definition) is 4. The summed E-state index contributed by atoms with van der Waals surface area (Å²) in [4.78, 5) is 56.8. The number of unbranched alkanes of at least 4 members (excludes halogenated alkanes) is 1. The average Bonchev–Trinajstić information content (AvgIpc) is 3.58. The van der Waals surface area contributed by atoms with Crippen molar-refractivity contribution >= 4 is 35.0 Å². The third-order valence-corrected chi connectivity index (χ3v) is 7.75. The van der Waals surface area contributed by atoms with Gasteiger partial charge in [0.1, 0.15) is 12.1 Å². The van der Waals surface area contributed by atoms with Crippen molar-refractivity contribution in [3.63, 3.8) is 0 Å². The zero-order chi connectivity index (χ0) is 26.6. The second-order valence-corrected chi connectivity index (χ2v) is 10.8. The third-order valence-electron chi connectivity index (χ3n) is 7.10. The Morgan fingerprint density at radius 2 is 1.89 bits per heavy atom. The van der Waals surface area contributed by atoms with Crippen molar-refractivity contribution in [1.82, 2.24) is 20.5 Å². The minimum Gasteiger partial charge on any atom is -0.396 e. The fourth-order valence-corrected chi connectivity index (χ4v) is 5.67. The average molecular weight is 537 g/mol. The lowest BCUT2D eigenvalue weighted by molar-refractivity contribution is -0.143. The van der Waals surface area contributed by atoms with Gasteiger partial charge in [0.15, 0.2) is 0 Å². The van der Waals surface area contributed by atoms with Crippen LogP contribution < -0.4 is 26.8 Å². The molecule has 3 rings (SSSR count). The molecule has 1 aromatic heterocycles. The van der Waals surface area contributed by atoms with Gasteiger partial charge in [-0.25, -0.2) is 9.78 Å². The molecule has 0 bridgehead atoms. The predicted molar refractivity (Wildman–Crippen MR) is 139 cm³/mol. The van der Waals surface area contributed by atoms with Crippen LogP contribution in [0.3, 0.4) is 0 Å². The Labute approximate surface area is 222 Å². The molecule has 12 heteroatoms. The third kappa shape index (κ3) is 9.04. The maximum Gasteiger partial charge on any atom is 0.335 e. The summed E-state index contributed by atoms with van der Waals surface area (Å²) >= 11 is 1.19. The lowest BCUT2D eigenvalue weighted by atomic mass is 9.84. The van der Waals surface area contributed by atoms with Crippen molar-refractivity contribution in [2.24, 2.45) is 17.4 Å². The van der Waals surface area contributed by atoms with E-state index in [1.807, 2.05) is 0 Å². The lowest BCUT2D eigenvalue weighted by Gasteiger charge is -2.32. The van der Waals surface area contributed by atoms with Gasteiger partial charge >= 0.3 is 5.97 Å². The van der Waals surface area contributed by atoms with E-state index in [0.29, 0.717) is 57.5 Å². The van der Waals surface area contributed by atoms with Crippen molar-refractivity contribution in [3.05, 3.63) is 11.6 Å². The number of nitrogens with zero attached hydrogens (tertiary/aromatic N) is 2. The van der Waals surface area contributed by atoms with Crippen LogP contribution in [0.5, 0.6) is 5.19 Å². The minimum absolute atomic E-state index is 0.0976. The first kappa shape index (κ1) is 29.0. The molecule has 11 nitrogen and oxygen atoms in total. The van der Waals surface area contributed by atoms with E-state index in [1.165, 1.54) is 24.0 Å². The molecular formula is C25H40N6O5S. The zero-order valence-electron chi connectivity index (χ0n) is 21.4. The molecule has 6 N–H and O–H groups in total. The van der Waals surface area contributed by atoms with Crippen LogP contribution in [0.15, 0.2) is 11.6 Å². The van der Waals surface area contributed by atoms with Gasteiger partial charge in [-0.3, -0.25) is 19.7 Å². The van der Waals surface area contributed by atoms with Gasteiger partial charge in [0, 0.05) is 18.1 Å². The number of nitrogens with two attached hydrogens (primary N) is 2. The number of carbonyl (C=O) groups is 4. The van der Waals surface area contributed by atoms with Crippen molar-refractivity contribution in [3.8, 4) is 5.19 Å². The van der Waals surface area contributed by atoms with Crippen LogP contribution in [-0.4, -0.2) is 71.3 Å². The number of primary amides is 1. The van der Waals surface area contributed by atoms with E-state index in [-0.39, 0.29) is 23.6 Å². The highest BCUT2D eigenvalue weighted by atomic mass is 32.1. The summed E-state index contributed by atoms with van der Waals surface area (Å²) in [5.74, 6) is -1.31. The number of likely N-dealkylation sites (tertiary alicyclic amines) is 1. The predicted octanol–water partition coefficient (Wildman–Crippen LogP) is 1.07. The number of carbonyl (C=O) groups excluding carboxylic acids is 4. The van der Waals surface area contributed by atoms with Crippen molar-refractivity contribution < 1.29 is 23.9 Å². The number of amides is 3. The molecule has 1 saturated heterocycles. The summed E-state index contributed by atoms with van der Waals surface area (Å²) in [6, 6.07) is -2.15. The lowest BCUT2D eigenvalue weighted by Crippen LogP contribution is -2.56. The fraction of sp³-hybridized carbons (Fsp3) is 0.720. The molecule has 1 saturated carbocycles. The molecule has 1 aliphatic carbocycles. The molecule has 3 atom stereocenters. The Bertz CT molecular complexity index is 892. The number of nitrogens with one attached hydrogen (secondary N) is 2. The molecule has 0 unspecified atom stereocenters. The summed E-state index contributed by atoms with van der Waals surface area (Å²) < 4.78 is 5.35. The van der Waals surface area contributed by atoms with Gasteiger partial charge in [0.2, 0.25) is 17.7 Å². The van der Waals surface area contributed by atoms with Crippen LogP contribution in [0.1, 0.15) is 70.6 Å². The number of thiazole rings is 1. The molecular weight excluding hydrogens is 496 g/mol. The van der Waals surface area contributed by atoms with E-state index in [0.717, 1.165) is 25.7 Å². The van der Waals surface area contributed by atoms with Crippen molar-refractivity contribution in [2.45, 2.75) is 88.8 Å². The minimum atomic E-state index is -0.869. The van der Waals surface area contributed by atoms with Gasteiger partial charge in [-0.1, -0.05) is 43.4 Å². The molecule has 0 radical (unpaired) electrons. The van der Waals surface area contributed by atoms with Gasteiger partial charge < -0.3 is 26.4 Å². The van der Waals surface area contributed by atoms with E-state index < -0.39 is 30.0 Å². The maximum absolute atomic E-state index is 13.6. The Hall–Kier alpha value is -2.57. The molecule has 2 aliphatic rings. The topological polar surface area (TPSA) is 170 Å². The molecule has 2 fully saturated rings. The molecule has 0 aromatic carbocycles. The Balaban J connectivity index is 1.67. The summed E-state index contributed by atoms with van der Waals surface area (Å²) in [6.07, 6.45) is 10.6. The molecule has 37 heavy (non-hydrogen) atoms. The summed E-state index contributed by atoms with van der Waals surface area (Å²) in [7, 11) is 0. The number of esters is 1.